The molecular weight excluding hydrogens is 240 g/mol. The summed E-state index contributed by atoms with van der Waals surface area (Å²) < 4.78 is 10.8. The van der Waals surface area contributed by atoms with E-state index in [9.17, 15) is 4.79 Å². The third kappa shape index (κ3) is 1.93. The highest BCUT2D eigenvalue weighted by Gasteiger charge is 2.29. The van der Waals surface area contributed by atoms with Crippen LogP contribution in [-0.2, 0) is 11.2 Å². The van der Waals surface area contributed by atoms with E-state index in [1.807, 2.05) is 12.1 Å². The largest absolute Gasteiger partial charge is 0.497 e. The van der Waals surface area contributed by atoms with Gasteiger partial charge < -0.3 is 9.47 Å². The van der Waals surface area contributed by atoms with Crippen LogP contribution in [-0.4, -0.2) is 20.0 Å². The highest BCUT2D eigenvalue weighted by atomic mass is 16.5. The fraction of sp³-hybridized carbons (Fsp3) is 0.438. The number of rotatable bonds is 2. The van der Waals surface area contributed by atoms with Crippen LogP contribution in [0.3, 0.4) is 0 Å². The van der Waals surface area contributed by atoms with E-state index in [0.717, 1.165) is 53.9 Å². The summed E-state index contributed by atoms with van der Waals surface area (Å²) in [4.78, 5) is 12.3. The van der Waals surface area contributed by atoms with Crippen molar-refractivity contribution in [2.45, 2.75) is 32.1 Å². The average molecular weight is 258 g/mol. The molecule has 2 aliphatic rings. The van der Waals surface area contributed by atoms with Crippen molar-refractivity contribution in [3.8, 4) is 11.5 Å². The maximum atomic E-state index is 12.3. The Morgan fingerprint density at radius 1 is 1.00 bits per heavy atom. The number of hydrogen-bond donors (Lipinski definition) is 0. The summed E-state index contributed by atoms with van der Waals surface area (Å²) >= 11 is 0. The molecule has 2 aliphatic carbocycles. The van der Waals surface area contributed by atoms with Crippen molar-refractivity contribution in [3.63, 3.8) is 0 Å². The Labute approximate surface area is 113 Å². The van der Waals surface area contributed by atoms with Crippen LogP contribution in [0.2, 0.25) is 0 Å². The molecule has 0 aliphatic heterocycles. The van der Waals surface area contributed by atoms with E-state index in [1.165, 1.54) is 5.57 Å². The first-order valence-corrected chi connectivity index (χ1v) is 6.75. The molecule has 0 atom stereocenters. The minimum Gasteiger partial charge on any atom is -0.497 e. The summed E-state index contributed by atoms with van der Waals surface area (Å²) in [7, 11) is 3.31. The lowest BCUT2D eigenvalue weighted by Crippen LogP contribution is -2.17. The number of ether oxygens (including phenoxy) is 2. The first kappa shape index (κ1) is 12.3. The van der Waals surface area contributed by atoms with Crippen molar-refractivity contribution in [1.29, 1.82) is 0 Å². The SMILES string of the molecule is COc1cc(OC)c2c(c1)C1=C(CCCC1=O)CC2. The van der Waals surface area contributed by atoms with Gasteiger partial charge in [0.15, 0.2) is 5.78 Å². The van der Waals surface area contributed by atoms with Gasteiger partial charge in [-0.05, 0) is 37.3 Å². The molecule has 0 heterocycles. The Bertz CT molecular complexity index is 570. The maximum Gasteiger partial charge on any atom is 0.163 e. The quantitative estimate of drug-likeness (QED) is 0.817. The molecule has 0 saturated carbocycles. The van der Waals surface area contributed by atoms with Crippen LogP contribution in [0.5, 0.6) is 11.5 Å². The van der Waals surface area contributed by atoms with Crippen molar-refractivity contribution in [2.24, 2.45) is 0 Å². The number of ketones is 1. The number of fused-ring (bicyclic) bond motifs is 2. The van der Waals surface area contributed by atoms with Gasteiger partial charge in [-0.3, -0.25) is 4.79 Å². The third-order valence-corrected chi connectivity index (χ3v) is 4.10. The average Bonchev–Trinajstić information content (AvgIpc) is 2.45. The molecule has 3 nitrogen and oxygen atoms in total. The number of methoxy groups -OCH3 is 2. The molecule has 0 bridgehead atoms. The molecule has 0 N–H and O–H groups in total. The van der Waals surface area contributed by atoms with Gasteiger partial charge in [-0.15, -0.1) is 0 Å². The molecule has 0 radical (unpaired) electrons. The molecule has 3 rings (SSSR count). The summed E-state index contributed by atoms with van der Waals surface area (Å²) in [5.74, 6) is 1.86. The Hall–Kier alpha value is -1.77. The number of allylic oxidation sites excluding steroid dienone is 2. The summed E-state index contributed by atoms with van der Waals surface area (Å²) in [6, 6.07) is 3.88. The topological polar surface area (TPSA) is 35.5 Å². The molecular formula is C16H18O3. The predicted molar refractivity (Wildman–Crippen MR) is 73.6 cm³/mol. The van der Waals surface area contributed by atoms with Gasteiger partial charge in [0.25, 0.3) is 0 Å². The van der Waals surface area contributed by atoms with Crippen LogP contribution in [0.25, 0.3) is 5.57 Å². The van der Waals surface area contributed by atoms with E-state index >= 15 is 0 Å². The molecule has 19 heavy (non-hydrogen) atoms. The molecule has 0 amide bonds. The van der Waals surface area contributed by atoms with Crippen molar-refractivity contribution in [1.82, 2.24) is 0 Å². The highest BCUT2D eigenvalue weighted by molar-refractivity contribution is 6.23. The Kier molecular flexibility index (Phi) is 3.05. The fourth-order valence-corrected chi connectivity index (χ4v) is 3.18. The number of Topliss-reactive ketones (excluding diaryl/α,β-unsaturated/α-hetero) is 1. The van der Waals surface area contributed by atoms with E-state index < -0.39 is 0 Å². The van der Waals surface area contributed by atoms with Gasteiger partial charge >= 0.3 is 0 Å². The van der Waals surface area contributed by atoms with Crippen LogP contribution in [0.15, 0.2) is 17.7 Å². The normalized spacial score (nSPS) is 17.9. The Morgan fingerprint density at radius 2 is 1.84 bits per heavy atom. The molecule has 0 spiro atoms. The molecule has 0 fully saturated rings. The second-order valence-corrected chi connectivity index (χ2v) is 5.11. The molecule has 0 saturated heterocycles. The van der Waals surface area contributed by atoms with Gasteiger partial charge in [-0.25, -0.2) is 0 Å². The van der Waals surface area contributed by atoms with Crippen LogP contribution in [0.4, 0.5) is 0 Å². The minimum atomic E-state index is 0.275. The fourth-order valence-electron chi connectivity index (χ4n) is 3.18. The zero-order valence-electron chi connectivity index (χ0n) is 11.4. The maximum absolute atomic E-state index is 12.3. The van der Waals surface area contributed by atoms with E-state index in [1.54, 1.807) is 14.2 Å². The standard InChI is InChI=1S/C16H18O3/c1-18-11-8-13-12(15(9-11)19-2)7-6-10-4-3-5-14(17)16(10)13/h8-9H,3-7H2,1-2H3. The van der Waals surface area contributed by atoms with Crippen molar-refractivity contribution < 1.29 is 14.3 Å². The lowest BCUT2D eigenvalue weighted by molar-refractivity contribution is -0.114. The molecule has 0 unspecified atom stereocenters. The van der Waals surface area contributed by atoms with E-state index in [4.69, 9.17) is 9.47 Å². The van der Waals surface area contributed by atoms with Gasteiger partial charge in [0.05, 0.1) is 14.2 Å². The second-order valence-electron chi connectivity index (χ2n) is 5.11. The first-order chi connectivity index (χ1) is 9.24. The van der Waals surface area contributed by atoms with Gasteiger partial charge in [-0.2, -0.15) is 0 Å². The summed E-state index contributed by atoms with van der Waals surface area (Å²) in [6.07, 6.45) is 4.65. The molecule has 0 aromatic heterocycles. The van der Waals surface area contributed by atoms with Gasteiger partial charge in [0.1, 0.15) is 11.5 Å². The summed E-state index contributed by atoms with van der Waals surface area (Å²) in [5.41, 5.74) is 4.43. The van der Waals surface area contributed by atoms with E-state index in [-0.39, 0.29) is 5.78 Å². The number of hydrogen-bond acceptors (Lipinski definition) is 3. The Balaban J connectivity index is 2.21. The lowest BCUT2D eigenvalue weighted by Gasteiger charge is -2.27. The van der Waals surface area contributed by atoms with Gasteiger partial charge in [-0.1, -0.05) is 5.57 Å². The van der Waals surface area contributed by atoms with Crippen LogP contribution in [0, 0.1) is 0 Å². The second kappa shape index (κ2) is 4.72. The third-order valence-electron chi connectivity index (χ3n) is 4.10. The highest BCUT2D eigenvalue weighted by Crippen LogP contribution is 2.43. The first-order valence-electron chi connectivity index (χ1n) is 6.75. The molecule has 100 valence electrons. The van der Waals surface area contributed by atoms with Crippen LogP contribution >= 0.6 is 0 Å². The smallest absolute Gasteiger partial charge is 0.163 e. The van der Waals surface area contributed by atoms with Crippen molar-refractivity contribution in [3.05, 3.63) is 28.8 Å². The lowest BCUT2D eigenvalue weighted by atomic mass is 9.77. The van der Waals surface area contributed by atoms with E-state index in [2.05, 4.69) is 0 Å². The molecule has 1 aromatic rings. The minimum absolute atomic E-state index is 0.275. The van der Waals surface area contributed by atoms with Crippen LogP contribution in [0.1, 0.15) is 36.8 Å². The number of carbonyl (C=O) groups is 1. The summed E-state index contributed by atoms with van der Waals surface area (Å²) in [5, 5.41) is 0. The van der Waals surface area contributed by atoms with Crippen molar-refractivity contribution in [2.75, 3.05) is 14.2 Å². The zero-order valence-corrected chi connectivity index (χ0v) is 11.4. The predicted octanol–water partition coefficient (Wildman–Crippen LogP) is 3.16. The Morgan fingerprint density at radius 3 is 2.58 bits per heavy atom. The number of carbonyl (C=O) groups excluding carboxylic acids is 1. The zero-order chi connectivity index (χ0) is 13.4. The van der Waals surface area contributed by atoms with E-state index in [0.29, 0.717) is 6.42 Å². The summed E-state index contributed by atoms with van der Waals surface area (Å²) in [6.45, 7) is 0. The van der Waals surface area contributed by atoms with Crippen molar-refractivity contribution >= 4 is 11.4 Å². The number of benzene rings is 1. The molecule has 3 heteroatoms. The van der Waals surface area contributed by atoms with Crippen LogP contribution < -0.4 is 9.47 Å². The monoisotopic (exact) mass is 258 g/mol. The molecule has 1 aromatic carbocycles. The van der Waals surface area contributed by atoms with Gasteiger partial charge in [0.2, 0.25) is 0 Å². The van der Waals surface area contributed by atoms with Gasteiger partial charge in [0, 0.05) is 23.6 Å².